The molecule has 0 bridgehead atoms. The number of fused-ring (bicyclic) bond motifs is 1. The molecule has 0 aromatic carbocycles. The zero-order valence-electron chi connectivity index (χ0n) is 18.3. The number of aliphatic hydroxyl groups is 1. The monoisotopic (exact) mass is 508 g/mol. The first kappa shape index (κ1) is 24.0. The van der Waals surface area contributed by atoms with Gasteiger partial charge in [0.05, 0.1) is 12.7 Å². The molecule has 0 unspecified atom stereocenters. The van der Waals surface area contributed by atoms with Crippen LogP contribution in [0.15, 0.2) is 33.2 Å². The molecule has 0 aliphatic carbocycles. The number of nitrogens with one attached hydrogen (secondary N) is 1. The molecule has 35 heavy (non-hydrogen) atoms. The van der Waals surface area contributed by atoms with Gasteiger partial charge in [0.15, 0.2) is 18.6 Å². The van der Waals surface area contributed by atoms with Crippen molar-refractivity contribution in [3.05, 3.63) is 29.4 Å². The molecule has 0 saturated carbocycles. The minimum Gasteiger partial charge on any atom is -0.477 e. The number of rotatable bonds is 9. The van der Waals surface area contributed by atoms with E-state index in [0.29, 0.717) is 11.4 Å². The van der Waals surface area contributed by atoms with Crippen LogP contribution in [0.1, 0.15) is 5.82 Å². The van der Waals surface area contributed by atoms with E-state index < -0.39 is 29.2 Å². The zero-order chi connectivity index (χ0) is 25.3. The number of anilines is 2. The number of carboxylic acid groups (broad SMARTS) is 1. The number of β-lactam (4-membered cyclic amide) rings is 1. The van der Waals surface area contributed by atoms with Gasteiger partial charge < -0.3 is 36.4 Å². The van der Waals surface area contributed by atoms with Crippen molar-refractivity contribution < 1.29 is 38.6 Å². The zero-order valence-corrected chi connectivity index (χ0v) is 19.1. The first-order valence-corrected chi connectivity index (χ1v) is 11.2. The molecule has 1 saturated heterocycles. The Morgan fingerprint density at radius 1 is 1.46 bits per heavy atom. The first-order valence-electron chi connectivity index (χ1n) is 10.1. The normalized spacial score (nSPS) is 19.9. The lowest BCUT2D eigenvalue weighted by molar-refractivity contribution is -0.767. The summed E-state index contributed by atoms with van der Waals surface area (Å²) in [6.07, 6.45) is 1.66. The fourth-order valence-electron chi connectivity index (χ4n) is 3.78. The predicted molar refractivity (Wildman–Crippen MR) is 118 cm³/mol. The number of amides is 2. The molecular formula is C18H22N9O7S+. The van der Waals surface area contributed by atoms with Crippen LogP contribution in [-0.4, -0.2) is 84.3 Å². The molecule has 4 heterocycles. The number of hydrogen-bond donors (Lipinski definition) is 5. The van der Waals surface area contributed by atoms with E-state index >= 15 is 0 Å². The number of aliphatic carboxylic acids is 1. The lowest BCUT2D eigenvalue weighted by Crippen LogP contribution is -2.71. The molecule has 1 fully saturated rings. The van der Waals surface area contributed by atoms with E-state index in [9.17, 15) is 24.6 Å². The molecule has 2 aliphatic rings. The second-order valence-corrected chi connectivity index (χ2v) is 8.49. The van der Waals surface area contributed by atoms with Crippen LogP contribution in [0, 0.1) is 0 Å². The summed E-state index contributed by atoms with van der Waals surface area (Å²) >= 11 is 1.29. The van der Waals surface area contributed by atoms with Crippen LogP contribution in [0.25, 0.3) is 0 Å². The average molecular weight is 508 g/mol. The number of oxime groups is 1. The molecule has 2 amide bonds. The fourth-order valence-corrected chi connectivity index (χ4v) is 5.12. The van der Waals surface area contributed by atoms with E-state index in [1.807, 2.05) is 0 Å². The Bertz CT molecular complexity index is 1240. The lowest BCUT2D eigenvalue weighted by Gasteiger charge is -2.49. The summed E-state index contributed by atoms with van der Waals surface area (Å²) < 4.78 is 7.91. The van der Waals surface area contributed by atoms with Gasteiger partial charge in [-0.05, 0) is 0 Å². The molecule has 4 rings (SSSR count). The minimum atomic E-state index is -1.28. The topological polar surface area (TPSA) is 228 Å². The van der Waals surface area contributed by atoms with Gasteiger partial charge in [-0.25, -0.2) is 4.79 Å². The third kappa shape index (κ3) is 4.37. The number of nitrogen functional groups attached to an aromatic ring is 2. The number of aliphatic hydroxyl groups excluding tert-OH is 1. The van der Waals surface area contributed by atoms with Crippen molar-refractivity contribution in [2.75, 3.05) is 30.9 Å². The highest BCUT2D eigenvalue weighted by Crippen LogP contribution is 2.40. The van der Waals surface area contributed by atoms with Gasteiger partial charge in [0.25, 0.3) is 11.8 Å². The van der Waals surface area contributed by atoms with Gasteiger partial charge in [-0.1, -0.05) is 10.3 Å². The van der Waals surface area contributed by atoms with Crippen molar-refractivity contribution in [1.82, 2.24) is 25.0 Å². The Labute approximate surface area is 201 Å². The second-order valence-electron chi connectivity index (χ2n) is 7.38. The molecule has 0 radical (unpaired) electrons. The fraction of sp³-hybridized carbons (Fsp3) is 0.389. The van der Waals surface area contributed by atoms with Crippen LogP contribution < -0.4 is 21.5 Å². The Kier molecular flexibility index (Phi) is 6.61. The van der Waals surface area contributed by atoms with E-state index in [1.54, 1.807) is 21.6 Å². The van der Waals surface area contributed by atoms with Crippen LogP contribution in [0.5, 0.6) is 0 Å². The quantitative estimate of drug-likeness (QED) is 0.0994. The van der Waals surface area contributed by atoms with Crippen LogP contribution in [-0.2, 0) is 32.3 Å². The maximum atomic E-state index is 12.9. The van der Waals surface area contributed by atoms with Crippen LogP contribution >= 0.6 is 11.8 Å². The summed E-state index contributed by atoms with van der Waals surface area (Å²) in [5, 5.41) is 28.1. The number of aromatic nitrogens is 4. The minimum absolute atomic E-state index is 0.142. The van der Waals surface area contributed by atoms with Gasteiger partial charge >= 0.3 is 12.0 Å². The number of carbonyl (C=O) groups is 3. The summed E-state index contributed by atoms with van der Waals surface area (Å²) in [6, 6.07) is 0.321. The third-order valence-corrected chi connectivity index (χ3v) is 6.62. The van der Waals surface area contributed by atoms with Crippen molar-refractivity contribution in [3.8, 4) is 0 Å². The van der Waals surface area contributed by atoms with E-state index in [1.165, 1.54) is 18.9 Å². The molecule has 2 aliphatic heterocycles. The summed E-state index contributed by atoms with van der Waals surface area (Å²) in [5.74, 6) is -2.27. The number of carboxylic acids is 1. The molecule has 2 atom stereocenters. The molecule has 0 spiro atoms. The van der Waals surface area contributed by atoms with E-state index in [0.717, 1.165) is 4.90 Å². The molecule has 16 nitrogen and oxygen atoms in total. The maximum absolute atomic E-state index is 12.9. The van der Waals surface area contributed by atoms with Crippen molar-refractivity contribution in [2.24, 2.45) is 5.16 Å². The predicted octanol–water partition coefficient (Wildman–Crippen LogP) is -2.90. The average Bonchev–Trinajstić information content (AvgIpc) is 3.41. The number of nitrogens with zero attached hydrogens (tertiary/aromatic N) is 6. The number of nitrogens with two attached hydrogens (primary N) is 2. The highest BCUT2D eigenvalue weighted by atomic mass is 32.2. The van der Waals surface area contributed by atoms with Crippen molar-refractivity contribution in [2.45, 2.75) is 24.5 Å². The second kappa shape index (κ2) is 9.63. The first-order chi connectivity index (χ1) is 16.8. The molecule has 186 valence electrons. The maximum Gasteiger partial charge on any atom is 0.352 e. The van der Waals surface area contributed by atoms with E-state index in [2.05, 4.69) is 30.0 Å². The van der Waals surface area contributed by atoms with Crippen molar-refractivity contribution in [1.29, 1.82) is 0 Å². The van der Waals surface area contributed by atoms with Gasteiger partial charge in [-0.3, -0.25) is 14.5 Å². The van der Waals surface area contributed by atoms with Gasteiger partial charge in [-0.2, -0.15) is 4.98 Å². The Balaban J connectivity index is 1.54. The molecule has 7 N–H and O–H groups in total. The van der Waals surface area contributed by atoms with Crippen LogP contribution in [0.4, 0.5) is 11.8 Å². The van der Waals surface area contributed by atoms with Gasteiger partial charge in [0.1, 0.15) is 30.8 Å². The molecule has 2 aromatic rings. The summed E-state index contributed by atoms with van der Waals surface area (Å²) in [5.41, 5.74) is 11.2. The Hall–Kier alpha value is -4.12. The molecule has 17 heteroatoms. The van der Waals surface area contributed by atoms with E-state index in [4.69, 9.17) is 11.5 Å². The highest BCUT2D eigenvalue weighted by molar-refractivity contribution is 8.00. The number of thioether (sulfide) groups is 1. The molecule has 2 aromatic heterocycles. The SMILES string of the molecule is CON=C(C(=O)N[C@@H]1C(=O)N2C(C(=O)O)=C(C[n+]3ccc(N)n3CCO)CS[C@H]12)c1noc(N)n1. The van der Waals surface area contributed by atoms with Gasteiger partial charge in [0, 0.05) is 11.3 Å². The summed E-state index contributed by atoms with van der Waals surface area (Å²) in [7, 11) is 1.21. The van der Waals surface area contributed by atoms with Crippen molar-refractivity contribution >= 4 is 47.1 Å². The third-order valence-electron chi connectivity index (χ3n) is 5.28. The largest absolute Gasteiger partial charge is 0.477 e. The number of hydrogen-bond acceptors (Lipinski definition) is 12. The van der Waals surface area contributed by atoms with Crippen LogP contribution in [0.3, 0.4) is 0 Å². The van der Waals surface area contributed by atoms with Gasteiger partial charge in [-0.15, -0.1) is 21.1 Å². The number of carbonyl (C=O) groups excluding carboxylic acids is 2. The summed E-state index contributed by atoms with van der Waals surface area (Å²) in [6.45, 7) is 0.207. The Morgan fingerprint density at radius 2 is 2.23 bits per heavy atom. The summed E-state index contributed by atoms with van der Waals surface area (Å²) in [4.78, 5) is 47.3. The van der Waals surface area contributed by atoms with Gasteiger partial charge in [0.2, 0.25) is 11.5 Å². The van der Waals surface area contributed by atoms with Crippen molar-refractivity contribution in [3.63, 3.8) is 0 Å². The Morgan fingerprint density at radius 3 is 2.86 bits per heavy atom. The smallest absolute Gasteiger partial charge is 0.352 e. The standard InChI is InChI=1S/C18H21N9O7S/c1-33-23-10(13-22-18(20)34-24-13)14(29)21-11-15(30)27-12(17(31)32)8(7-35-16(11)27)6-25-3-2-9(19)26(25)4-5-28/h2-3,11,16,19,28H,4-7H2,1H3,(H4,20,21,22,24,29,31,32)/p+1/t11-,16-/m1/s1. The molecular weight excluding hydrogens is 486 g/mol. The highest BCUT2D eigenvalue weighted by Gasteiger charge is 2.55. The van der Waals surface area contributed by atoms with E-state index in [-0.39, 0.29) is 48.7 Å². The van der Waals surface area contributed by atoms with Crippen LogP contribution in [0.2, 0.25) is 0 Å². The lowest BCUT2D eigenvalue weighted by atomic mass is 10.0.